The average Bonchev–Trinajstić information content (AvgIpc) is 2.60. The topological polar surface area (TPSA) is 100 Å². The standard InChI is InChI=1S/C20H37N7O/c1-19(2)12-15(13-20(3,4)26-19)25-18-16(21)17(23-14-24-18)22-6-5-7-27-8-10-28-11-9-27/h14-15,26H,5-13,21H2,1-4H3,(H2,22,23,24,25). The van der Waals surface area contributed by atoms with Gasteiger partial charge in [-0.2, -0.15) is 0 Å². The predicted octanol–water partition coefficient (Wildman–Crippen LogP) is 1.91. The molecule has 0 unspecified atom stereocenters. The monoisotopic (exact) mass is 391 g/mol. The number of nitrogens with two attached hydrogens (primary N) is 1. The number of morpholine rings is 1. The van der Waals surface area contributed by atoms with E-state index in [1.165, 1.54) is 0 Å². The first kappa shape index (κ1) is 21.1. The van der Waals surface area contributed by atoms with E-state index in [-0.39, 0.29) is 11.1 Å². The van der Waals surface area contributed by atoms with E-state index >= 15 is 0 Å². The Morgan fingerprint density at radius 2 is 1.79 bits per heavy atom. The van der Waals surface area contributed by atoms with E-state index < -0.39 is 0 Å². The van der Waals surface area contributed by atoms with Crippen molar-refractivity contribution in [2.45, 2.75) is 64.1 Å². The van der Waals surface area contributed by atoms with Crippen molar-refractivity contribution < 1.29 is 4.74 Å². The maximum absolute atomic E-state index is 6.37. The van der Waals surface area contributed by atoms with Crippen molar-refractivity contribution in [1.29, 1.82) is 0 Å². The Bertz CT molecular complexity index is 627. The second kappa shape index (κ2) is 8.80. The van der Waals surface area contributed by atoms with Crippen molar-refractivity contribution in [3.63, 3.8) is 0 Å². The van der Waals surface area contributed by atoms with E-state index in [4.69, 9.17) is 10.5 Å². The first-order valence-electron chi connectivity index (χ1n) is 10.4. The Labute approximate surface area is 169 Å². The molecule has 0 amide bonds. The van der Waals surface area contributed by atoms with E-state index in [2.05, 4.69) is 58.5 Å². The number of anilines is 3. The third-order valence-electron chi connectivity index (χ3n) is 5.46. The molecule has 0 atom stereocenters. The second-order valence-electron chi connectivity index (χ2n) is 9.36. The highest BCUT2D eigenvalue weighted by molar-refractivity contribution is 5.74. The van der Waals surface area contributed by atoms with Crippen LogP contribution in [0.4, 0.5) is 17.3 Å². The van der Waals surface area contributed by atoms with E-state index in [0.29, 0.717) is 17.5 Å². The van der Waals surface area contributed by atoms with Gasteiger partial charge >= 0.3 is 0 Å². The summed E-state index contributed by atoms with van der Waals surface area (Å²) in [6.07, 6.45) is 4.66. The van der Waals surface area contributed by atoms with Gasteiger partial charge in [0.05, 0.1) is 13.2 Å². The molecule has 8 nitrogen and oxygen atoms in total. The smallest absolute Gasteiger partial charge is 0.155 e. The van der Waals surface area contributed by atoms with Crippen molar-refractivity contribution in [3.8, 4) is 0 Å². The molecule has 1 aromatic heterocycles. The van der Waals surface area contributed by atoms with E-state index in [1.807, 2.05) is 0 Å². The summed E-state index contributed by atoms with van der Waals surface area (Å²) < 4.78 is 5.39. The molecule has 1 aromatic rings. The van der Waals surface area contributed by atoms with Crippen LogP contribution in [-0.2, 0) is 4.74 Å². The summed E-state index contributed by atoms with van der Waals surface area (Å²) in [5.41, 5.74) is 7.11. The second-order valence-corrected chi connectivity index (χ2v) is 9.36. The lowest BCUT2D eigenvalue weighted by Gasteiger charge is -2.46. The van der Waals surface area contributed by atoms with E-state index in [1.54, 1.807) is 6.33 Å². The summed E-state index contributed by atoms with van der Waals surface area (Å²) in [6.45, 7) is 14.6. The number of nitrogen functional groups attached to an aromatic ring is 1. The molecule has 3 rings (SSSR count). The van der Waals surface area contributed by atoms with Gasteiger partial charge in [-0.15, -0.1) is 0 Å². The molecule has 0 spiro atoms. The van der Waals surface area contributed by atoms with Gasteiger partial charge in [0.1, 0.15) is 12.0 Å². The Kier molecular flexibility index (Phi) is 6.62. The van der Waals surface area contributed by atoms with E-state index in [9.17, 15) is 0 Å². The van der Waals surface area contributed by atoms with Crippen LogP contribution in [0.1, 0.15) is 47.0 Å². The fourth-order valence-corrected chi connectivity index (χ4v) is 4.60. The Balaban J connectivity index is 1.53. The summed E-state index contributed by atoms with van der Waals surface area (Å²) in [7, 11) is 0. The van der Waals surface area contributed by atoms with Crippen LogP contribution in [0.2, 0.25) is 0 Å². The first-order valence-corrected chi connectivity index (χ1v) is 10.4. The lowest BCUT2D eigenvalue weighted by molar-refractivity contribution is 0.0378. The zero-order valence-electron chi connectivity index (χ0n) is 17.8. The normalized spacial score (nSPS) is 22.7. The summed E-state index contributed by atoms with van der Waals surface area (Å²) in [5, 5.41) is 10.6. The largest absolute Gasteiger partial charge is 0.393 e. The van der Waals surface area contributed by atoms with Gasteiger partial charge in [-0.1, -0.05) is 0 Å². The highest BCUT2D eigenvalue weighted by Gasteiger charge is 2.37. The molecule has 5 N–H and O–H groups in total. The van der Waals surface area contributed by atoms with E-state index in [0.717, 1.165) is 64.5 Å². The van der Waals surface area contributed by atoms with Crippen LogP contribution in [0, 0.1) is 0 Å². The quantitative estimate of drug-likeness (QED) is 0.523. The molecule has 2 saturated heterocycles. The third-order valence-corrected chi connectivity index (χ3v) is 5.46. The molecule has 0 saturated carbocycles. The summed E-state index contributed by atoms with van der Waals surface area (Å²) >= 11 is 0. The first-order chi connectivity index (χ1) is 13.2. The molecule has 2 fully saturated rings. The minimum atomic E-state index is 0.0712. The number of piperidine rings is 1. The average molecular weight is 392 g/mol. The van der Waals surface area contributed by atoms with Crippen molar-refractivity contribution >= 4 is 17.3 Å². The van der Waals surface area contributed by atoms with Gasteiger partial charge in [0.15, 0.2) is 11.6 Å². The lowest BCUT2D eigenvalue weighted by Crippen LogP contribution is -2.60. The van der Waals surface area contributed by atoms with Gasteiger partial charge in [0, 0.05) is 36.8 Å². The van der Waals surface area contributed by atoms with Crippen LogP contribution in [0.5, 0.6) is 0 Å². The molecule has 0 bridgehead atoms. The molecular weight excluding hydrogens is 354 g/mol. The van der Waals surface area contributed by atoms with Crippen LogP contribution in [0.15, 0.2) is 6.33 Å². The fraction of sp³-hybridized carbons (Fsp3) is 0.800. The minimum absolute atomic E-state index is 0.0712. The Hall–Kier alpha value is -1.64. The zero-order valence-corrected chi connectivity index (χ0v) is 17.8. The SMILES string of the molecule is CC1(C)CC(Nc2ncnc(NCCCN3CCOCC3)c2N)CC(C)(C)N1. The fourth-order valence-electron chi connectivity index (χ4n) is 4.60. The molecule has 3 heterocycles. The van der Waals surface area contributed by atoms with Gasteiger partial charge in [-0.25, -0.2) is 9.97 Å². The van der Waals surface area contributed by atoms with Gasteiger partial charge in [0.2, 0.25) is 0 Å². The molecule has 158 valence electrons. The number of nitrogens with zero attached hydrogens (tertiary/aromatic N) is 3. The number of hydrogen-bond acceptors (Lipinski definition) is 8. The van der Waals surface area contributed by atoms with Crippen LogP contribution in [-0.4, -0.2) is 71.4 Å². The molecule has 0 aliphatic carbocycles. The molecule has 0 radical (unpaired) electrons. The van der Waals surface area contributed by atoms with Crippen LogP contribution >= 0.6 is 0 Å². The Morgan fingerprint density at radius 3 is 2.46 bits per heavy atom. The Morgan fingerprint density at radius 1 is 1.14 bits per heavy atom. The predicted molar refractivity (Wildman–Crippen MR) is 115 cm³/mol. The lowest BCUT2D eigenvalue weighted by atomic mass is 9.79. The number of rotatable bonds is 7. The number of ether oxygens (including phenoxy) is 1. The summed E-state index contributed by atoms with van der Waals surface area (Å²) in [4.78, 5) is 11.2. The molecule has 0 aromatic carbocycles. The summed E-state index contributed by atoms with van der Waals surface area (Å²) in [6, 6.07) is 0.317. The molecular formula is C20H37N7O. The van der Waals surface area contributed by atoms with Crippen molar-refractivity contribution in [1.82, 2.24) is 20.2 Å². The zero-order chi connectivity index (χ0) is 20.2. The number of hydrogen-bond donors (Lipinski definition) is 4. The maximum atomic E-state index is 6.37. The highest BCUT2D eigenvalue weighted by atomic mass is 16.5. The van der Waals surface area contributed by atoms with Gasteiger partial charge in [0.25, 0.3) is 0 Å². The molecule has 28 heavy (non-hydrogen) atoms. The maximum Gasteiger partial charge on any atom is 0.155 e. The van der Waals surface area contributed by atoms with Gasteiger partial charge < -0.3 is 26.4 Å². The summed E-state index contributed by atoms with van der Waals surface area (Å²) in [5.74, 6) is 1.44. The van der Waals surface area contributed by atoms with Crippen LogP contribution < -0.4 is 21.7 Å². The van der Waals surface area contributed by atoms with Crippen LogP contribution in [0.3, 0.4) is 0 Å². The molecule has 8 heteroatoms. The van der Waals surface area contributed by atoms with Crippen molar-refractivity contribution in [2.75, 3.05) is 55.8 Å². The number of aromatic nitrogens is 2. The minimum Gasteiger partial charge on any atom is -0.393 e. The highest BCUT2D eigenvalue weighted by Crippen LogP contribution is 2.32. The number of nitrogens with one attached hydrogen (secondary N) is 3. The van der Waals surface area contributed by atoms with Crippen molar-refractivity contribution in [2.24, 2.45) is 0 Å². The van der Waals surface area contributed by atoms with Gasteiger partial charge in [-0.3, -0.25) is 4.90 Å². The van der Waals surface area contributed by atoms with Crippen molar-refractivity contribution in [3.05, 3.63) is 6.33 Å². The molecule has 2 aliphatic rings. The third kappa shape index (κ3) is 5.93. The van der Waals surface area contributed by atoms with Crippen LogP contribution in [0.25, 0.3) is 0 Å². The van der Waals surface area contributed by atoms with Gasteiger partial charge in [-0.05, 0) is 53.5 Å². The molecule has 2 aliphatic heterocycles.